The Balaban J connectivity index is 1.26. The third-order valence-corrected chi connectivity index (χ3v) is 6.51. The number of fused-ring (bicyclic) bond motifs is 1. The number of nitrogens with zero attached hydrogens (tertiary/aromatic N) is 4. The summed E-state index contributed by atoms with van der Waals surface area (Å²) in [4.78, 5) is 21.9. The highest BCUT2D eigenvalue weighted by Crippen LogP contribution is 2.32. The molecule has 2 heterocycles. The van der Waals surface area contributed by atoms with E-state index in [4.69, 9.17) is 10.2 Å². The van der Waals surface area contributed by atoms with E-state index in [1.807, 2.05) is 0 Å². The van der Waals surface area contributed by atoms with Crippen LogP contribution in [0.15, 0.2) is 36.4 Å². The Bertz CT molecular complexity index is 1090. The summed E-state index contributed by atoms with van der Waals surface area (Å²) in [6.07, 6.45) is 0. The number of anilines is 1. The van der Waals surface area contributed by atoms with Gasteiger partial charge < -0.3 is 10.2 Å². The summed E-state index contributed by atoms with van der Waals surface area (Å²) in [6, 6.07) is 13.2. The number of hydrogen-bond acceptors (Lipinski definition) is 6. The van der Waals surface area contributed by atoms with Crippen molar-refractivity contribution < 1.29 is 4.79 Å². The summed E-state index contributed by atoms with van der Waals surface area (Å²) in [6.45, 7) is 9.50. The van der Waals surface area contributed by atoms with Crippen LogP contribution in [0, 0.1) is 25.2 Å². The van der Waals surface area contributed by atoms with Crippen LogP contribution < -0.4 is 10.2 Å². The van der Waals surface area contributed by atoms with Gasteiger partial charge in [0.15, 0.2) is 5.13 Å². The van der Waals surface area contributed by atoms with Crippen LogP contribution in [0.5, 0.6) is 0 Å². The number of aryl methyl sites for hydroxylation is 2. The molecular weight excluding hydrogens is 394 g/mol. The predicted molar refractivity (Wildman–Crippen MR) is 121 cm³/mol. The zero-order chi connectivity index (χ0) is 21.1. The first-order chi connectivity index (χ1) is 14.5. The third-order valence-electron chi connectivity index (χ3n) is 5.45. The van der Waals surface area contributed by atoms with Crippen LogP contribution in [0.1, 0.15) is 27.0 Å². The van der Waals surface area contributed by atoms with Crippen LogP contribution in [0.3, 0.4) is 0 Å². The van der Waals surface area contributed by atoms with E-state index in [0.717, 1.165) is 43.4 Å². The van der Waals surface area contributed by atoms with Gasteiger partial charge in [-0.15, -0.1) is 0 Å². The van der Waals surface area contributed by atoms with E-state index < -0.39 is 0 Å². The Kier molecular flexibility index (Phi) is 5.98. The van der Waals surface area contributed by atoms with Crippen molar-refractivity contribution in [3.8, 4) is 6.07 Å². The fourth-order valence-electron chi connectivity index (χ4n) is 3.78. The van der Waals surface area contributed by atoms with Gasteiger partial charge in [0.05, 0.1) is 21.8 Å². The van der Waals surface area contributed by atoms with Crippen LogP contribution in [0.25, 0.3) is 10.2 Å². The van der Waals surface area contributed by atoms with E-state index in [1.54, 1.807) is 35.6 Å². The number of carbonyl (C=O) groups excluding carboxylic acids is 1. The van der Waals surface area contributed by atoms with Crippen LogP contribution in [-0.2, 0) is 0 Å². The second-order valence-electron chi connectivity index (χ2n) is 7.70. The van der Waals surface area contributed by atoms with Crippen molar-refractivity contribution in [1.29, 1.82) is 5.26 Å². The molecule has 0 spiro atoms. The lowest BCUT2D eigenvalue weighted by Crippen LogP contribution is -2.48. The van der Waals surface area contributed by atoms with Crippen molar-refractivity contribution in [2.24, 2.45) is 0 Å². The average Bonchev–Trinajstić information content (AvgIpc) is 3.18. The number of hydrogen-bond donors (Lipinski definition) is 1. The molecule has 4 rings (SSSR count). The maximum Gasteiger partial charge on any atom is 0.251 e. The van der Waals surface area contributed by atoms with Gasteiger partial charge >= 0.3 is 0 Å². The SMILES string of the molecule is Cc1cc(C)c2nc(N3CCN(CCNC(=O)c4ccc(C#N)cc4)CC3)sc2c1. The highest BCUT2D eigenvalue weighted by Gasteiger charge is 2.20. The van der Waals surface area contributed by atoms with Gasteiger partial charge in [-0.25, -0.2) is 4.98 Å². The lowest BCUT2D eigenvalue weighted by atomic mass is 10.1. The van der Waals surface area contributed by atoms with E-state index in [0.29, 0.717) is 17.7 Å². The average molecular weight is 420 g/mol. The summed E-state index contributed by atoms with van der Waals surface area (Å²) in [5.41, 5.74) is 4.78. The van der Waals surface area contributed by atoms with Crippen LogP contribution in [0.2, 0.25) is 0 Å². The quantitative estimate of drug-likeness (QED) is 0.687. The van der Waals surface area contributed by atoms with Crippen LogP contribution in [-0.4, -0.2) is 55.1 Å². The zero-order valence-corrected chi connectivity index (χ0v) is 18.1. The molecule has 2 aromatic carbocycles. The van der Waals surface area contributed by atoms with Gasteiger partial charge in [-0.1, -0.05) is 17.4 Å². The highest BCUT2D eigenvalue weighted by atomic mass is 32.1. The molecule has 0 atom stereocenters. The Morgan fingerprint density at radius 3 is 2.60 bits per heavy atom. The van der Waals surface area contributed by atoms with Gasteiger partial charge in [-0.3, -0.25) is 9.69 Å². The topological polar surface area (TPSA) is 72.3 Å². The molecule has 1 aromatic heterocycles. The number of carbonyl (C=O) groups is 1. The summed E-state index contributed by atoms with van der Waals surface area (Å²) >= 11 is 1.77. The van der Waals surface area contributed by atoms with Gasteiger partial charge in [0.1, 0.15) is 0 Å². The first kappa shape index (κ1) is 20.3. The molecule has 3 aromatic rings. The van der Waals surface area contributed by atoms with Crippen molar-refractivity contribution in [3.05, 3.63) is 58.7 Å². The number of thiazole rings is 1. The molecule has 0 unspecified atom stereocenters. The van der Waals surface area contributed by atoms with E-state index in [2.05, 4.69) is 47.2 Å². The number of rotatable bonds is 5. The molecule has 7 heteroatoms. The minimum atomic E-state index is -0.0988. The third kappa shape index (κ3) is 4.45. The normalized spacial score (nSPS) is 14.6. The minimum Gasteiger partial charge on any atom is -0.351 e. The second kappa shape index (κ2) is 8.82. The van der Waals surface area contributed by atoms with Crippen molar-refractivity contribution in [2.45, 2.75) is 13.8 Å². The molecule has 0 bridgehead atoms. The van der Waals surface area contributed by atoms with Crippen molar-refractivity contribution in [3.63, 3.8) is 0 Å². The first-order valence-electron chi connectivity index (χ1n) is 10.2. The molecule has 1 aliphatic heterocycles. The molecule has 1 saturated heterocycles. The molecule has 30 heavy (non-hydrogen) atoms. The maximum atomic E-state index is 12.2. The number of amides is 1. The molecule has 154 valence electrons. The van der Waals surface area contributed by atoms with E-state index in [9.17, 15) is 4.79 Å². The number of nitrogens with one attached hydrogen (secondary N) is 1. The predicted octanol–water partition coefficient (Wildman–Crippen LogP) is 3.34. The Morgan fingerprint density at radius 2 is 1.90 bits per heavy atom. The van der Waals surface area contributed by atoms with E-state index >= 15 is 0 Å². The largest absolute Gasteiger partial charge is 0.351 e. The van der Waals surface area contributed by atoms with Crippen LogP contribution in [0.4, 0.5) is 5.13 Å². The fourth-order valence-corrected chi connectivity index (χ4v) is 4.98. The summed E-state index contributed by atoms with van der Waals surface area (Å²) in [7, 11) is 0. The monoisotopic (exact) mass is 419 g/mol. The van der Waals surface area contributed by atoms with Gasteiger partial charge in [0.2, 0.25) is 0 Å². The van der Waals surface area contributed by atoms with Gasteiger partial charge in [-0.05, 0) is 55.3 Å². The lowest BCUT2D eigenvalue weighted by molar-refractivity contribution is 0.0948. The van der Waals surface area contributed by atoms with Crippen LogP contribution >= 0.6 is 11.3 Å². The molecule has 0 radical (unpaired) electrons. The van der Waals surface area contributed by atoms with Crippen molar-refractivity contribution in [1.82, 2.24) is 15.2 Å². The molecule has 0 aliphatic carbocycles. The van der Waals surface area contributed by atoms with Gasteiger partial charge in [-0.2, -0.15) is 5.26 Å². The van der Waals surface area contributed by atoms with Crippen molar-refractivity contribution >= 4 is 32.6 Å². The first-order valence-corrected chi connectivity index (χ1v) is 11.0. The molecular formula is C23H25N5OS. The number of aromatic nitrogens is 1. The minimum absolute atomic E-state index is 0.0988. The standard InChI is InChI=1S/C23H25N5OS/c1-16-13-17(2)21-20(14-16)30-23(26-21)28-11-9-27(10-12-28)8-7-25-22(29)19-5-3-18(15-24)4-6-19/h3-6,13-14H,7-12H2,1-2H3,(H,25,29). The number of nitriles is 1. The maximum absolute atomic E-state index is 12.2. The zero-order valence-electron chi connectivity index (χ0n) is 17.3. The molecule has 1 aliphatic rings. The lowest BCUT2D eigenvalue weighted by Gasteiger charge is -2.34. The summed E-state index contributed by atoms with van der Waals surface area (Å²) in [5, 5.41) is 12.9. The van der Waals surface area contributed by atoms with Gasteiger partial charge in [0.25, 0.3) is 5.91 Å². The number of piperazine rings is 1. The molecule has 1 fully saturated rings. The molecule has 6 nitrogen and oxygen atoms in total. The second-order valence-corrected chi connectivity index (χ2v) is 8.71. The van der Waals surface area contributed by atoms with E-state index in [-0.39, 0.29) is 5.91 Å². The Hall–Kier alpha value is -2.95. The summed E-state index contributed by atoms with van der Waals surface area (Å²) in [5.74, 6) is -0.0988. The van der Waals surface area contributed by atoms with Crippen molar-refractivity contribution in [2.75, 3.05) is 44.2 Å². The van der Waals surface area contributed by atoms with Gasteiger partial charge in [0, 0.05) is 44.8 Å². The van der Waals surface area contributed by atoms with E-state index in [1.165, 1.54) is 15.8 Å². The molecule has 1 N–H and O–H groups in total. The Morgan fingerprint density at radius 1 is 1.17 bits per heavy atom. The fraction of sp³-hybridized carbons (Fsp3) is 0.348. The number of benzene rings is 2. The Labute approximate surface area is 180 Å². The highest BCUT2D eigenvalue weighted by molar-refractivity contribution is 7.22. The summed E-state index contributed by atoms with van der Waals surface area (Å²) < 4.78 is 1.26. The molecule has 1 amide bonds. The smallest absolute Gasteiger partial charge is 0.251 e. The molecule has 0 saturated carbocycles.